The maximum atomic E-state index is 11.9. The normalized spacial score (nSPS) is 10.5. The Bertz CT molecular complexity index is 722. The standard InChI is InChI=1S/C16H16N4OS/c21-15(17-9-8-13-7-4-10-22-13)11-14-18-16(20-19-14)12-5-2-1-3-6-12/h1-7,10H,8-9,11H2,(H,17,21)(H,18,19,20). The quantitative estimate of drug-likeness (QED) is 0.734. The Morgan fingerprint density at radius 1 is 1.18 bits per heavy atom. The highest BCUT2D eigenvalue weighted by Gasteiger charge is 2.09. The van der Waals surface area contributed by atoms with Crippen LogP contribution >= 0.6 is 11.3 Å². The van der Waals surface area contributed by atoms with Crippen molar-refractivity contribution >= 4 is 17.2 Å². The number of carbonyl (C=O) groups excluding carboxylic acids is 1. The summed E-state index contributed by atoms with van der Waals surface area (Å²) in [4.78, 5) is 17.5. The molecule has 0 fully saturated rings. The van der Waals surface area contributed by atoms with Gasteiger partial charge in [0.1, 0.15) is 5.82 Å². The zero-order valence-corrected chi connectivity index (χ0v) is 12.8. The molecule has 1 aromatic carbocycles. The van der Waals surface area contributed by atoms with Crippen LogP contribution in [0.15, 0.2) is 47.8 Å². The van der Waals surface area contributed by atoms with Crippen LogP contribution in [0.1, 0.15) is 10.7 Å². The van der Waals surface area contributed by atoms with Crippen LogP contribution in [0.3, 0.4) is 0 Å². The molecule has 112 valence electrons. The van der Waals surface area contributed by atoms with E-state index >= 15 is 0 Å². The van der Waals surface area contributed by atoms with E-state index < -0.39 is 0 Å². The minimum Gasteiger partial charge on any atom is -0.355 e. The average molecular weight is 312 g/mol. The first kappa shape index (κ1) is 14.5. The van der Waals surface area contributed by atoms with Gasteiger partial charge in [0.25, 0.3) is 0 Å². The van der Waals surface area contributed by atoms with Crippen molar-refractivity contribution in [2.45, 2.75) is 12.8 Å². The van der Waals surface area contributed by atoms with Gasteiger partial charge in [-0.25, -0.2) is 4.98 Å². The summed E-state index contributed by atoms with van der Waals surface area (Å²) in [7, 11) is 0. The lowest BCUT2D eigenvalue weighted by atomic mass is 10.2. The van der Waals surface area contributed by atoms with Crippen LogP contribution in [0, 0.1) is 0 Å². The minimum atomic E-state index is -0.0488. The number of thiophene rings is 1. The molecule has 3 rings (SSSR count). The summed E-state index contributed by atoms with van der Waals surface area (Å²) < 4.78 is 0. The number of hydrogen-bond acceptors (Lipinski definition) is 4. The predicted molar refractivity (Wildman–Crippen MR) is 86.6 cm³/mol. The Labute approximate surface area is 132 Å². The molecule has 0 spiro atoms. The Morgan fingerprint density at radius 3 is 2.82 bits per heavy atom. The summed E-state index contributed by atoms with van der Waals surface area (Å²) in [5.74, 6) is 1.14. The molecule has 0 aliphatic rings. The van der Waals surface area contributed by atoms with Gasteiger partial charge in [0, 0.05) is 17.0 Å². The number of H-pyrrole nitrogens is 1. The highest BCUT2D eigenvalue weighted by Crippen LogP contribution is 2.13. The van der Waals surface area contributed by atoms with E-state index in [0.29, 0.717) is 18.2 Å². The fraction of sp³-hybridized carbons (Fsp3) is 0.188. The second-order valence-corrected chi connectivity index (χ2v) is 5.86. The molecule has 0 bridgehead atoms. The van der Waals surface area contributed by atoms with Gasteiger partial charge in [0.15, 0.2) is 5.82 Å². The van der Waals surface area contributed by atoms with Crippen LogP contribution in [-0.4, -0.2) is 27.6 Å². The molecule has 22 heavy (non-hydrogen) atoms. The molecule has 5 nitrogen and oxygen atoms in total. The van der Waals surface area contributed by atoms with Crippen LogP contribution in [-0.2, 0) is 17.6 Å². The highest BCUT2D eigenvalue weighted by atomic mass is 32.1. The molecule has 0 unspecified atom stereocenters. The van der Waals surface area contributed by atoms with Crippen molar-refractivity contribution in [1.29, 1.82) is 0 Å². The van der Waals surface area contributed by atoms with E-state index in [1.54, 1.807) is 11.3 Å². The maximum absolute atomic E-state index is 11.9. The lowest BCUT2D eigenvalue weighted by Gasteiger charge is -2.02. The lowest BCUT2D eigenvalue weighted by Crippen LogP contribution is -2.27. The van der Waals surface area contributed by atoms with Gasteiger partial charge in [-0.05, 0) is 17.9 Å². The van der Waals surface area contributed by atoms with Gasteiger partial charge in [-0.15, -0.1) is 11.3 Å². The van der Waals surface area contributed by atoms with Gasteiger partial charge in [0.05, 0.1) is 6.42 Å². The first-order chi connectivity index (χ1) is 10.8. The number of nitrogens with zero attached hydrogens (tertiary/aromatic N) is 2. The number of nitrogens with one attached hydrogen (secondary N) is 2. The third kappa shape index (κ3) is 3.79. The van der Waals surface area contributed by atoms with E-state index in [4.69, 9.17) is 0 Å². The number of aromatic amines is 1. The fourth-order valence-electron chi connectivity index (χ4n) is 2.09. The fourth-order valence-corrected chi connectivity index (χ4v) is 2.79. The molecule has 0 saturated heterocycles. The summed E-state index contributed by atoms with van der Waals surface area (Å²) in [6, 6.07) is 13.8. The van der Waals surface area contributed by atoms with Crippen LogP contribution in [0.25, 0.3) is 11.4 Å². The largest absolute Gasteiger partial charge is 0.355 e. The van der Waals surface area contributed by atoms with Crippen LogP contribution in [0.5, 0.6) is 0 Å². The molecule has 0 aliphatic carbocycles. The van der Waals surface area contributed by atoms with Crippen molar-refractivity contribution in [1.82, 2.24) is 20.5 Å². The molecule has 2 aromatic heterocycles. The van der Waals surface area contributed by atoms with E-state index in [-0.39, 0.29) is 12.3 Å². The van der Waals surface area contributed by atoms with Crippen LogP contribution in [0.4, 0.5) is 0 Å². The molecule has 2 N–H and O–H groups in total. The first-order valence-corrected chi connectivity index (χ1v) is 7.95. The van der Waals surface area contributed by atoms with E-state index in [0.717, 1.165) is 12.0 Å². The average Bonchev–Trinajstić information content (AvgIpc) is 3.20. The monoisotopic (exact) mass is 312 g/mol. The van der Waals surface area contributed by atoms with E-state index in [9.17, 15) is 4.79 Å². The molecule has 0 saturated carbocycles. The molecule has 3 aromatic rings. The number of carbonyl (C=O) groups is 1. The van der Waals surface area contributed by atoms with E-state index in [1.807, 2.05) is 41.8 Å². The highest BCUT2D eigenvalue weighted by molar-refractivity contribution is 7.09. The van der Waals surface area contributed by atoms with Gasteiger partial charge >= 0.3 is 0 Å². The third-order valence-electron chi connectivity index (χ3n) is 3.17. The molecule has 0 atom stereocenters. The van der Waals surface area contributed by atoms with Crippen molar-refractivity contribution in [3.05, 3.63) is 58.5 Å². The number of hydrogen-bond donors (Lipinski definition) is 2. The van der Waals surface area contributed by atoms with Crippen molar-refractivity contribution in [2.24, 2.45) is 0 Å². The van der Waals surface area contributed by atoms with Crippen molar-refractivity contribution in [3.8, 4) is 11.4 Å². The summed E-state index contributed by atoms with van der Waals surface area (Å²) in [5.41, 5.74) is 0.933. The summed E-state index contributed by atoms with van der Waals surface area (Å²) in [6.07, 6.45) is 1.07. The summed E-state index contributed by atoms with van der Waals surface area (Å²) in [6.45, 7) is 0.638. The lowest BCUT2D eigenvalue weighted by molar-refractivity contribution is -0.120. The zero-order chi connectivity index (χ0) is 15.2. The topological polar surface area (TPSA) is 70.7 Å². The smallest absolute Gasteiger partial charge is 0.227 e. The van der Waals surface area contributed by atoms with Crippen molar-refractivity contribution in [3.63, 3.8) is 0 Å². The van der Waals surface area contributed by atoms with E-state index in [2.05, 4.69) is 26.6 Å². The summed E-state index contributed by atoms with van der Waals surface area (Å²) in [5, 5.41) is 11.9. The second kappa shape index (κ2) is 7.00. The Kier molecular flexibility index (Phi) is 4.60. The molecular weight excluding hydrogens is 296 g/mol. The first-order valence-electron chi connectivity index (χ1n) is 7.07. The third-order valence-corrected chi connectivity index (χ3v) is 4.10. The molecule has 0 aliphatic heterocycles. The number of amides is 1. The Balaban J connectivity index is 1.50. The predicted octanol–water partition coefficient (Wildman–Crippen LogP) is 2.43. The summed E-state index contributed by atoms with van der Waals surface area (Å²) >= 11 is 1.70. The Hall–Kier alpha value is -2.47. The minimum absolute atomic E-state index is 0.0488. The van der Waals surface area contributed by atoms with Crippen molar-refractivity contribution in [2.75, 3.05) is 6.54 Å². The van der Waals surface area contributed by atoms with Crippen molar-refractivity contribution < 1.29 is 4.79 Å². The van der Waals surface area contributed by atoms with Crippen LogP contribution < -0.4 is 5.32 Å². The number of benzene rings is 1. The molecule has 0 radical (unpaired) electrons. The van der Waals surface area contributed by atoms with Crippen LogP contribution in [0.2, 0.25) is 0 Å². The van der Waals surface area contributed by atoms with Gasteiger partial charge in [-0.1, -0.05) is 36.4 Å². The van der Waals surface area contributed by atoms with Gasteiger partial charge in [-0.3, -0.25) is 9.89 Å². The van der Waals surface area contributed by atoms with Gasteiger partial charge in [-0.2, -0.15) is 5.10 Å². The molecular formula is C16H16N4OS. The van der Waals surface area contributed by atoms with Gasteiger partial charge in [0.2, 0.25) is 5.91 Å². The zero-order valence-electron chi connectivity index (χ0n) is 12.0. The Morgan fingerprint density at radius 2 is 2.05 bits per heavy atom. The molecule has 1 amide bonds. The van der Waals surface area contributed by atoms with Gasteiger partial charge < -0.3 is 5.32 Å². The van der Waals surface area contributed by atoms with E-state index in [1.165, 1.54) is 4.88 Å². The number of aromatic nitrogens is 3. The second-order valence-electron chi connectivity index (χ2n) is 4.83. The SMILES string of the molecule is O=C(Cc1nc(-c2ccccc2)n[nH]1)NCCc1cccs1. The molecule has 6 heteroatoms. The number of rotatable bonds is 6. The maximum Gasteiger partial charge on any atom is 0.227 e. The molecule has 2 heterocycles.